The van der Waals surface area contributed by atoms with E-state index in [0.717, 1.165) is 25.7 Å². The van der Waals surface area contributed by atoms with E-state index in [1.165, 1.54) is 7.11 Å². The second-order valence-corrected chi connectivity index (χ2v) is 8.89. The summed E-state index contributed by atoms with van der Waals surface area (Å²) in [4.78, 5) is 24.8. The van der Waals surface area contributed by atoms with Crippen molar-refractivity contribution >= 4 is 11.9 Å². The topological polar surface area (TPSA) is 93.1 Å². The lowest BCUT2D eigenvalue weighted by atomic mass is 9.66. The van der Waals surface area contributed by atoms with Crippen LogP contribution in [0.5, 0.6) is 0 Å². The van der Waals surface area contributed by atoms with Crippen LogP contribution >= 0.6 is 0 Å². The maximum absolute atomic E-state index is 12.6. The Hall–Kier alpha value is -1.14. The Kier molecular flexibility index (Phi) is 9.22. The highest BCUT2D eigenvalue weighted by Crippen LogP contribution is 2.44. The first-order valence-corrected chi connectivity index (χ1v) is 10.1. The van der Waals surface area contributed by atoms with Gasteiger partial charge in [-0.2, -0.15) is 0 Å². The van der Waals surface area contributed by atoms with E-state index in [4.69, 9.17) is 14.6 Å². The Bertz CT molecular complexity index is 481. The molecule has 0 radical (unpaired) electrons. The quantitative estimate of drug-likeness (QED) is 0.561. The number of aliphatic hydroxyl groups is 2. The molecule has 0 heterocycles. The fraction of sp³-hybridized carbons (Fsp3) is 0.905. The summed E-state index contributed by atoms with van der Waals surface area (Å²) in [5, 5.41) is 18.8. The summed E-state index contributed by atoms with van der Waals surface area (Å²) in [6.07, 6.45) is 4.95. The van der Waals surface area contributed by atoms with Crippen LogP contribution in [0, 0.1) is 22.7 Å². The van der Waals surface area contributed by atoms with E-state index < -0.39 is 10.8 Å². The van der Waals surface area contributed by atoms with E-state index in [0.29, 0.717) is 25.2 Å². The SMILES string of the molecule is CCC(C)(CC(CC(C)(C)C(=O)OC)C1CCC(O)CC1)C(=O)OCCO. The van der Waals surface area contributed by atoms with Crippen molar-refractivity contribution in [2.75, 3.05) is 20.3 Å². The first-order valence-electron chi connectivity index (χ1n) is 10.1. The van der Waals surface area contributed by atoms with Crippen LogP contribution < -0.4 is 0 Å². The second-order valence-electron chi connectivity index (χ2n) is 8.89. The molecule has 158 valence electrons. The molecule has 2 atom stereocenters. The summed E-state index contributed by atoms with van der Waals surface area (Å²) in [5.41, 5.74) is -1.30. The highest BCUT2D eigenvalue weighted by Gasteiger charge is 2.42. The van der Waals surface area contributed by atoms with Gasteiger partial charge in [0.15, 0.2) is 0 Å². The number of aliphatic hydroxyl groups excluding tert-OH is 2. The van der Waals surface area contributed by atoms with Gasteiger partial charge in [0.2, 0.25) is 0 Å². The van der Waals surface area contributed by atoms with Crippen molar-refractivity contribution in [3.63, 3.8) is 0 Å². The minimum atomic E-state index is -0.665. The number of hydrogen-bond donors (Lipinski definition) is 2. The molecule has 0 aromatic carbocycles. The van der Waals surface area contributed by atoms with Gasteiger partial charge in [0, 0.05) is 0 Å². The fourth-order valence-corrected chi connectivity index (χ4v) is 4.26. The maximum Gasteiger partial charge on any atom is 0.311 e. The predicted molar refractivity (Wildman–Crippen MR) is 103 cm³/mol. The molecule has 0 aromatic heterocycles. The first-order chi connectivity index (χ1) is 12.6. The zero-order valence-electron chi connectivity index (χ0n) is 17.6. The molecule has 6 nitrogen and oxygen atoms in total. The molecule has 0 amide bonds. The average molecular weight is 387 g/mol. The van der Waals surface area contributed by atoms with Crippen LogP contribution in [-0.2, 0) is 19.1 Å². The average Bonchev–Trinajstić information content (AvgIpc) is 2.64. The van der Waals surface area contributed by atoms with Crippen molar-refractivity contribution in [1.29, 1.82) is 0 Å². The van der Waals surface area contributed by atoms with Gasteiger partial charge in [0.25, 0.3) is 0 Å². The Morgan fingerprint density at radius 3 is 2.15 bits per heavy atom. The maximum atomic E-state index is 12.6. The molecule has 27 heavy (non-hydrogen) atoms. The van der Waals surface area contributed by atoms with E-state index in [1.54, 1.807) is 0 Å². The van der Waals surface area contributed by atoms with Crippen molar-refractivity contribution in [3.05, 3.63) is 0 Å². The molecule has 0 saturated heterocycles. The highest BCUT2D eigenvalue weighted by atomic mass is 16.5. The van der Waals surface area contributed by atoms with Crippen LogP contribution in [-0.4, -0.2) is 48.6 Å². The van der Waals surface area contributed by atoms with E-state index >= 15 is 0 Å². The summed E-state index contributed by atoms with van der Waals surface area (Å²) in [6, 6.07) is 0. The Morgan fingerprint density at radius 1 is 1.07 bits per heavy atom. The zero-order valence-corrected chi connectivity index (χ0v) is 17.6. The van der Waals surface area contributed by atoms with Gasteiger partial charge in [-0.25, -0.2) is 0 Å². The summed E-state index contributed by atoms with van der Waals surface area (Å²) in [7, 11) is 1.40. The molecular formula is C21H38O6. The van der Waals surface area contributed by atoms with E-state index in [2.05, 4.69) is 0 Å². The summed E-state index contributed by atoms with van der Waals surface area (Å²) >= 11 is 0. The minimum absolute atomic E-state index is 0.00235. The van der Waals surface area contributed by atoms with Gasteiger partial charge in [-0.15, -0.1) is 0 Å². The molecule has 2 N–H and O–H groups in total. The number of esters is 2. The van der Waals surface area contributed by atoms with Crippen LogP contribution in [0.3, 0.4) is 0 Å². The zero-order chi connectivity index (χ0) is 20.7. The lowest BCUT2D eigenvalue weighted by Crippen LogP contribution is -2.38. The molecule has 1 rings (SSSR count). The monoisotopic (exact) mass is 386 g/mol. The number of rotatable bonds is 10. The number of ether oxygens (including phenoxy) is 2. The third-order valence-corrected chi connectivity index (χ3v) is 6.23. The van der Waals surface area contributed by atoms with Gasteiger partial charge in [-0.1, -0.05) is 6.92 Å². The number of methoxy groups -OCH3 is 1. The van der Waals surface area contributed by atoms with Gasteiger partial charge in [-0.3, -0.25) is 9.59 Å². The second kappa shape index (κ2) is 10.4. The van der Waals surface area contributed by atoms with Crippen molar-refractivity contribution in [2.45, 2.75) is 78.7 Å². The van der Waals surface area contributed by atoms with E-state index in [1.807, 2.05) is 27.7 Å². The van der Waals surface area contributed by atoms with Crippen molar-refractivity contribution in [1.82, 2.24) is 0 Å². The van der Waals surface area contributed by atoms with Gasteiger partial charge >= 0.3 is 11.9 Å². The van der Waals surface area contributed by atoms with Gasteiger partial charge in [0.1, 0.15) is 6.61 Å². The Balaban J connectivity index is 3.01. The third-order valence-electron chi connectivity index (χ3n) is 6.23. The van der Waals surface area contributed by atoms with Crippen molar-refractivity contribution in [2.24, 2.45) is 22.7 Å². The molecule has 1 aliphatic rings. The molecule has 0 aromatic rings. The number of carbonyl (C=O) groups is 2. The third kappa shape index (κ3) is 6.75. The molecule has 0 spiro atoms. The van der Waals surface area contributed by atoms with Crippen molar-refractivity contribution < 1.29 is 29.3 Å². The van der Waals surface area contributed by atoms with E-state index in [-0.39, 0.29) is 37.2 Å². The molecule has 0 aliphatic heterocycles. The van der Waals surface area contributed by atoms with Gasteiger partial charge in [-0.05, 0) is 77.6 Å². The minimum Gasteiger partial charge on any atom is -0.469 e. The summed E-state index contributed by atoms with van der Waals surface area (Å²) in [5.74, 6) is -0.0350. The lowest BCUT2D eigenvalue weighted by molar-refractivity contribution is -0.158. The number of carbonyl (C=O) groups excluding carboxylic acids is 2. The molecule has 1 saturated carbocycles. The molecule has 1 aliphatic carbocycles. The summed E-state index contributed by atoms with van der Waals surface area (Å²) in [6.45, 7) is 7.46. The molecular weight excluding hydrogens is 348 g/mol. The molecule has 2 unspecified atom stereocenters. The highest BCUT2D eigenvalue weighted by molar-refractivity contribution is 5.77. The van der Waals surface area contributed by atoms with Crippen LogP contribution in [0.4, 0.5) is 0 Å². The van der Waals surface area contributed by atoms with Crippen LogP contribution in [0.15, 0.2) is 0 Å². The standard InChI is InChI=1S/C21H38O6/c1-6-21(4,19(25)27-12-11-22)14-16(13-20(2,3)18(24)26-5)15-7-9-17(23)10-8-15/h15-17,22-23H,6-14H2,1-5H3. The molecule has 6 heteroatoms. The van der Waals surface area contributed by atoms with Crippen LogP contribution in [0.1, 0.15) is 72.6 Å². The van der Waals surface area contributed by atoms with Crippen LogP contribution in [0.25, 0.3) is 0 Å². The summed E-state index contributed by atoms with van der Waals surface area (Å²) < 4.78 is 10.2. The lowest BCUT2D eigenvalue weighted by Gasteiger charge is -2.40. The molecule has 0 bridgehead atoms. The fourth-order valence-electron chi connectivity index (χ4n) is 4.26. The Morgan fingerprint density at radius 2 is 1.67 bits per heavy atom. The normalized spacial score (nSPS) is 24.0. The van der Waals surface area contributed by atoms with Gasteiger partial charge in [0.05, 0.1) is 30.7 Å². The van der Waals surface area contributed by atoms with Crippen molar-refractivity contribution in [3.8, 4) is 0 Å². The molecule has 1 fully saturated rings. The largest absolute Gasteiger partial charge is 0.469 e. The smallest absolute Gasteiger partial charge is 0.311 e. The van der Waals surface area contributed by atoms with E-state index in [9.17, 15) is 14.7 Å². The number of hydrogen-bond acceptors (Lipinski definition) is 6. The Labute approximate surface area is 163 Å². The predicted octanol–water partition coefficient (Wildman–Crippen LogP) is 3.08. The van der Waals surface area contributed by atoms with Gasteiger partial charge < -0.3 is 19.7 Å². The van der Waals surface area contributed by atoms with Crippen LogP contribution in [0.2, 0.25) is 0 Å². The first kappa shape index (κ1) is 23.9.